The van der Waals surface area contributed by atoms with Crippen LogP contribution in [0.25, 0.3) is 12.2 Å². The molecule has 0 aliphatic carbocycles. The predicted octanol–water partition coefficient (Wildman–Crippen LogP) is 2.95. The Morgan fingerprint density at radius 3 is 2.06 bits per heavy atom. The summed E-state index contributed by atoms with van der Waals surface area (Å²) in [5.74, 6) is 0. The first kappa shape index (κ1) is 25.2. The molecule has 0 fully saturated rings. The second kappa shape index (κ2) is 8.97. The summed E-state index contributed by atoms with van der Waals surface area (Å²) in [7, 11) is -12.8. The molecule has 0 spiro atoms. The number of benzene rings is 3. The zero-order valence-electron chi connectivity index (χ0n) is 18.3. The van der Waals surface area contributed by atoms with E-state index in [2.05, 4.69) is 5.32 Å². The van der Waals surface area contributed by atoms with Gasteiger partial charge in [0.25, 0.3) is 20.2 Å². The molecule has 1 atom stereocenters. The summed E-state index contributed by atoms with van der Waals surface area (Å²) in [6, 6.07) is 15.0. The van der Waals surface area contributed by atoms with E-state index in [1.165, 1.54) is 6.08 Å². The van der Waals surface area contributed by atoms with Gasteiger partial charge in [0, 0.05) is 12.8 Å². The highest BCUT2D eigenvalue weighted by Crippen LogP contribution is 2.33. The average molecular weight is 536 g/mol. The van der Waals surface area contributed by atoms with Crippen LogP contribution in [0.2, 0.25) is 0 Å². The summed E-state index contributed by atoms with van der Waals surface area (Å²) in [5.41, 5.74) is 3.52. The molecule has 35 heavy (non-hydrogen) atoms. The van der Waals surface area contributed by atoms with Crippen LogP contribution in [-0.2, 0) is 36.6 Å². The van der Waals surface area contributed by atoms with Crippen LogP contribution in [0.15, 0.2) is 75.4 Å². The van der Waals surface area contributed by atoms with Crippen molar-refractivity contribution in [3.63, 3.8) is 0 Å². The van der Waals surface area contributed by atoms with E-state index >= 15 is 0 Å². The molecule has 4 rings (SSSR count). The van der Waals surface area contributed by atoms with Crippen LogP contribution >= 0.6 is 0 Å². The van der Waals surface area contributed by atoms with E-state index in [0.717, 1.165) is 35.1 Å². The minimum atomic E-state index is -4.76. The lowest BCUT2D eigenvalue weighted by Gasteiger charge is -2.14. The first-order valence-electron chi connectivity index (χ1n) is 10.2. The van der Waals surface area contributed by atoms with E-state index in [0.29, 0.717) is 18.2 Å². The monoisotopic (exact) mass is 535 g/mol. The van der Waals surface area contributed by atoms with Crippen molar-refractivity contribution in [2.45, 2.75) is 27.3 Å². The van der Waals surface area contributed by atoms with E-state index in [4.69, 9.17) is 4.55 Å². The summed E-state index contributed by atoms with van der Waals surface area (Å²) < 4.78 is 88.6. The van der Waals surface area contributed by atoms with Gasteiger partial charge < -0.3 is 5.32 Å². The Labute approximate surface area is 203 Å². The smallest absolute Gasteiger partial charge is 0.295 e. The van der Waals surface area contributed by atoms with Gasteiger partial charge in [-0.15, -0.1) is 0 Å². The number of hydrogen-bond acceptors (Lipinski definition) is 7. The van der Waals surface area contributed by atoms with Crippen molar-refractivity contribution in [2.75, 3.05) is 6.26 Å². The lowest BCUT2D eigenvalue weighted by atomic mass is 9.97. The summed E-state index contributed by atoms with van der Waals surface area (Å²) in [5, 5.41) is 3.36. The van der Waals surface area contributed by atoms with Gasteiger partial charge in [0.15, 0.2) is 9.84 Å². The normalized spacial score (nSPS) is 16.5. The van der Waals surface area contributed by atoms with Crippen molar-refractivity contribution in [2.24, 2.45) is 0 Å². The Bertz CT molecular complexity index is 1660. The van der Waals surface area contributed by atoms with Gasteiger partial charge in [-0.25, -0.2) is 8.42 Å². The highest BCUT2D eigenvalue weighted by Gasteiger charge is 2.25. The molecule has 12 heteroatoms. The maximum Gasteiger partial charge on any atom is 0.295 e. The fourth-order valence-electron chi connectivity index (χ4n) is 3.87. The molecule has 1 aliphatic heterocycles. The molecule has 0 radical (unpaired) electrons. The van der Waals surface area contributed by atoms with Gasteiger partial charge in [-0.3, -0.25) is 9.11 Å². The molecule has 9 nitrogen and oxygen atoms in total. The zero-order valence-corrected chi connectivity index (χ0v) is 20.7. The molecular weight excluding hydrogens is 514 g/mol. The molecule has 3 aromatic carbocycles. The molecule has 0 amide bonds. The lowest BCUT2D eigenvalue weighted by molar-refractivity contribution is 0.481. The molecule has 0 saturated heterocycles. The number of hydrogen-bond donors (Lipinski definition) is 3. The standard InChI is InChI=1S/C23H21NO8S3/c1-33(25,26)19-10-9-18-14-24-23(21(18)12-19)17-6-3-15(4-7-17)2-5-16-8-11-20(34(27,28)29)13-22(16)35(30,31)32/h2-13,23-24H,14H2,1H3,(H,27,28,29)(H,30,31,32). The van der Waals surface area contributed by atoms with Gasteiger partial charge in [-0.2, -0.15) is 16.8 Å². The predicted molar refractivity (Wildman–Crippen MR) is 130 cm³/mol. The van der Waals surface area contributed by atoms with Crippen molar-refractivity contribution in [3.05, 3.63) is 88.5 Å². The number of nitrogens with one attached hydrogen (secondary N) is 1. The first-order valence-corrected chi connectivity index (χ1v) is 14.9. The molecule has 1 unspecified atom stereocenters. The molecule has 3 aromatic rings. The van der Waals surface area contributed by atoms with E-state index < -0.39 is 39.9 Å². The second-order valence-electron chi connectivity index (χ2n) is 8.10. The van der Waals surface area contributed by atoms with E-state index in [9.17, 15) is 29.8 Å². The topological polar surface area (TPSA) is 155 Å². The quantitative estimate of drug-likeness (QED) is 0.319. The van der Waals surface area contributed by atoms with Gasteiger partial charge >= 0.3 is 0 Å². The summed E-state index contributed by atoms with van der Waals surface area (Å²) in [4.78, 5) is -1.07. The Kier molecular flexibility index (Phi) is 6.47. The molecular formula is C23H21NO8S3. The summed E-state index contributed by atoms with van der Waals surface area (Å²) in [6.45, 7) is 0.601. The number of rotatable bonds is 6. The van der Waals surface area contributed by atoms with Crippen LogP contribution in [0.5, 0.6) is 0 Å². The second-order valence-corrected chi connectivity index (χ2v) is 12.9. The van der Waals surface area contributed by atoms with E-state index in [1.54, 1.807) is 36.4 Å². The third-order valence-electron chi connectivity index (χ3n) is 5.64. The third kappa shape index (κ3) is 5.53. The molecule has 1 aliphatic rings. The van der Waals surface area contributed by atoms with Crippen molar-refractivity contribution >= 4 is 42.2 Å². The van der Waals surface area contributed by atoms with E-state index in [-0.39, 0.29) is 16.5 Å². The zero-order chi connectivity index (χ0) is 25.6. The first-order chi connectivity index (χ1) is 16.2. The molecule has 0 aromatic heterocycles. The molecule has 1 heterocycles. The van der Waals surface area contributed by atoms with Gasteiger partial charge in [-0.1, -0.05) is 48.6 Å². The van der Waals surface area contributed by atoms with Crippen LogP contribution in [0.1, 0.15) is 33.9 Å². The van der Waals surface area contributed by atoms with Crippen molar-refractivity contribution < 1.29 is 34.4 Å². The minimum absolute atomic E-state index is 0.0312. The Balaban J connectivity index is 1.62. The highest BCUT2D eigenvalue weighted by molar-refractivity contribution is 7.90. The molecule has 0 bridgehead atoms. The molecule has 3 N–H and O–H groups in total. The SMILES string of the molecule is CS(=O)(=O)c1ccc2c(c1)C(c1ccc(C=Cc3ccc(S(=O)(=O)O)cc3S(=O)(=O)O)cc1)NC2. The van der Waals surface area contributed by atoms with Crippen molar-refractivity contribution in [1.82, 2.24) is 5.32 Å². The number of sulfone groups is 1. The fraction of sp³-hybridized carbons (Fsp3) is 0.130. The van der Waals surface area contributed by atoms with Crippen molar-refractivity contribution in [3.8, 4) is 0 Å². The third-order valence-corrected chi connectivity index (χ3v) is 8.51. The largest absolute Gasteiger partial charge is 0.302 e. The number of fused-ring (bicyclic) bond motifs is 1. The fourth-order valence-corrected chi connectivity index (χ4v) is 5.82. The maximum absolute atomic E-state index is 11.9. The van der Waals surface area contributed by atoms with Crippen LogP contribution in [0.3, 0.4) is 0 Å². The minimum Gasteiger partial charge on any atom is -0.302 e. The Morgan fingerprint density at radius 1 is 0.800 bits per heavy atom. The van der Waals surface area contributed by atoms with Crippen LogP contribution in [0.4, 0.5) is 0 Å². The van der Waals surface area contributed by atoms with Gasteiger partial charge in [0.2, 0.25) is 0 Å². The van der Waals surface area contributed by atoms with Gasteiger partial charge in [0.1, 0.15) is 4.90 Å². The van der Waals surface area contributed by atoms with Gasteiger partial charge in [-0.05, 0) is 52.1 Å². The van der Waals surface area contributed by atoms with E-state index in [1.807, 2.05) is 12.1 Å². The average Bonchev–Trinajstić information content (AvgIpc) is 3.19. The lowest BCUT2D eigenvalue weighted by Crippen LogP contribution is -2.13. The molecule has 0 saturated carbocycles. The maximum atomic E-state index is 11.9. The Hall–Kier alpha value is -2.87. The van der Waals surface area contributed by atoms with Crippen LogP contribution in [-0.4, -0.2) is 40.6 Å². The van der Waals surface area contributed by atoms with Crippen LogP contribution in [0, 0.1) is 0 Å². The summed E-state index contributed by atoms with van der Waals surface area (Å²) in [6.07, 6.45) is 4.14. The summed E-state index contributed by atoms with van der Waals surface area (Å²) >= 11 is 0. The highest BCUT2D eigenvalue weighted by atomic mass is 32.2. The van der Waals surface area contributed by atoms with Crippen molar-refractivity contribution in [1.29, 1.82) is 0 Å². The van der Waals surface area contributed by atoms with Crippen LogP contribution < -0.4 is 5.32 Å². The van der Waals surface area contributed by atoms with Gasteiger partial charge in [0.05, 0.1) is 15.8 Å². The Morgan fingerprint density at radius 2 is 1.46 bits per heavy atom. The molecule has 184 valence electrons.